The number of fused-ring (bicyclic) bond motifs is 1. The summed E-state index contributed by atoms with van der Waals surface area (Å²) in [5, 5.41) is 0.672. The summed E-state index contributed by atoms with van der Waals surface area (Å²) in [5.41, 5.74) is 11.9. The fourth-order valence-corrected chi connectivity index (χ4v) is 3.55. The van der Waals surface area contributed by atoms with Crippen LogP contribution in [-0.4, -0.2) is 5.25 Å². The first kappa shape index (κ1) is 11.0. The lowest BCUT2D eigenvalue weighted by Gasteiger charge is -2.17. The molecule has 1 heterocycles. The SMILES string of the molecule is Cc1ccc(C)c2c1CSC(C)CC2N. The number of rotatable bonds is 0. The zero-order valence-electron chi connectivity index (χ0n) is 9.71. The Hall–Kier alpha value is -0.470. The molecular formula is C13H19NS. The monoisotopic (exact) mass is 221 g/mol. The minimum Gasteiger partial charge on any atom is -0.324 e. The van der Waals surface area contributed by atoms with Crippen LogP contribution in [0.2, 0.25) is 0 Å². The van der Waals surface area contributed by atoms with Crippen LogP contribution in [0, 0.1) is 13.8 Å². The van der Waals surface area contributed by atoms with Crippen LogP contribution in [0.5, 0.6) is 0 Å². The predicted octanol–water partition coefficient (Wildman–Crippen LogP) is 3.33. The summed E-state index contributed by atoms with van der Waals surface area (Å²) in [4.78, 5) is 0. The summed E-state index contributed by atoms with van der Waals surface area (Å²) >= 11 is 2.03. The van der Waals surface area contributed by atoms with E-state index < -0.39 is 0 Å². The van der Waals surface area contributed by atoms with Gasteiger partial charge in [0.05, 0.1) is 0 Å². The molecule has 2 rings (SSSR count). The highest BCUT2D eigenvalue weighted by molar-refractivity contribution is 7.99. The van der Waals surface area contributed by atoms with Crippen molar-refractivity contribution >= 4 is 11.8 Å². The molecule has 0 aromatic heterocycles. The van der Waals surface area contributed by atoms with Crippen molar-refractivity contribution in [1.29, 1.82) is 0 Å². The third-order valence-electron chi connectivity index (χ3n) is 3.28. The average Bonchev–Trinajstić information content (AvgIpc) is 2.32. The summed E-state index contributed by atoms with van der Waals surface area (Å²) in [6, 6.07) is 4.65. The topological polar surface area (TPSA) is 26.0 Å². The smallest absolute Gasteiger partial charge is 0.0311 e. The molecule has 2 heteroatoms. The molecule has 1 aliphatic rings. The van der Waals surface area contributed by atoms with Gasteiger partial charge in [-0.3, -0.25) is 0 Å². The lowest BCUT2D eigenvalue weighted by Crippen LogP contribution is -2.15. The molecule has 1 aromatic rings. The molecule has 1 aliphatic heterocycles. The molecule has 0 amide bonds. The van der Waals surface area contributed by atoms with Gasteiger partial charge in [-0.1, -0.05) is 19.1 Å². The van der Waals surface area contributed by atoms with Gasteiger partial charge in [0.25, 0.3) is 0 Å². The minimum atomic E-state index is 0.227. The summed E-state index contributed by atoms with van der Waals surface area (Å²) in [6.07, 6.45) is 1.10. The van der Waals surface area contributed by atoms with E-state index in [0.29, 0.717) is 5.25 Å². The molecule has 82 valence electrons. The lowest BCUT2D eigenvalue weighted by molar-refractivity contribution is 0.647. The Kier molecular flexibility index (Phi) is 3.08. The molecule has 0 spiro atoms. The molecule has 0 radical (unpaired) electrons. The number of hydrogen-bond acceptors (Lipinski definition) is 2. The Balaban J connectivity index is 2.52. The van der Waals surface area contributed by atoms with Crippen LogP contribution in [0.4, 0.5) is 0 Å². The Morgan fingerprint density at radius 2 is 1.93 bits per heavy atom. The third kappa shape index (κ3) is 2.06. The highest BCUT2D eigenvalue weighted by Crippen LogP contribution is 2.36. The Bertz CT molecular complexity index is 373. The zero-order chi connectivity index (χ0) is 11.0. The van der Waals surface area contributed by atoms with E-state index in [1.54, 1.807) is 0 Å². The maximum atomic E-state index is 6.29. The standard InChI is InChI=1S/C13H19NS/c1-8-4-5-9(2)13-11(8)7-15-10(3)6-12(13)14/h4-5,10,12H,6-7,14H2,1-3H3. The van der Waals surface area contributed by atoms with Crippen LogP contribution in [-0.2, 0) is 5.75 Å². The van der Waals surface area contributed by atoms with E-state index in [1.165, 1.54) is 22.3 Å². The number of benzene rings is 1. The number of nitrogens with two attached hydrogens (primary N) is 1. The molecule has 0 bridgehead atoms. The quantitative estimate of drug-likeness (QED) is 0.727. The van der Waals surface area contributed by atoms with Gasteiger partial charge < -0.3 is 5.73 Å². The molecule has 1 nitrogen and oxygen atoms in total. The fraction of sp³-hybridized carbons (Fsp3) is 0.538. The van der Waals surface area contributed by atoms with E-state index in [0.717, 1.165) is 12.2 Å². The molecule has 1 aromatic carbocycles. The first-order valence-corrected chi connectivity index (χ1v) is 6.60. The molecule has 0 aliphatic carbocycles. The van der Waals surface area contributed by atoms with Crippen molar-refractivity contribution in [2.45, 2.75) is 44.2 Å². The van der Waals surface area contributed by atoms with Gasteiger partial charge >= 0.3 is 0 Å². The van der Waals surface area contributed by atoms with E-state index >= 15 is 0 Å². The molecule has 0 fully saturated rings. The van der Waals surface area contributed by atoms with Crippen molar-refractivity contribution < 1.29 is 0 Å². The van der Waals surface area contributed by atoms with Crippen LogP contribution >= 0.6 is 11.8 Å². The van der Waals surface area contributed by atoms with E-state index in [4.69, 9.17) is 5.73 Å². The van der Waals surface area contributed by atoms with Crippen LogP contribution in [0.1, 0.15) is 41.6 Å². The van der Waals surface area contributed by atoms with Crippen molar-refractivity contribution in [3.8, 4) is 0 Å². The molecule has 2 atom stereocenters. The van der Waals surface area contributed by atoms with Gasteiger partial charge in [-0.05, 0) is 42.5 Å². The van der Waals surface area contributed by atoms with Gasteiger partial charge in [-0.2, -0.15) is 11.8 Å². The van der Waals surface area contributed by atoms with E-state index in [9.17, 15) is 0 Å². The lowest BCUT2D eigenvalue weighted by atomic mass is 9.91. The highest BCUT2D eigenvalue weighted by atomic mass is 32.2. The number of aryl methyl sites for hydroxylation is 2. The van der Waals surface area contributed by atoms with Gasteiger partial charge in [0, 0.05) is 17.0 Å². The Morgan fingerprint density at radius 1 is 1.27 bits per heavy atom. The normalized spacial score (nSPS) is 25.9. The number of hydrogen-bond donors (Lipinski definition) is 1. The van der Waals surface area contributed by atoms with Gasteiger partial charge in [-0.25, -0.2) is 0 Å². The van der Waals surface area contributed by atoms with Crippen LogP contribution < -0.4 is 5.73 Å². The summed E-state index contributed by atoms with van der Waals surface area (Å²) in [7, 11) is 0. The molecule has 0 saturated heterocycles. The first-order valence-electron chi connectivity index (χ1n) is 5.55. The van der Waals surface area contributed by atoms with Crippen molar-refractivity contribution in [3.05, 3.63) is 34.4 Å². The van der Waals surface area contributed by atoms with Crippen LogP contribution in [0.15, 0.2) is 12.1 Å². The molecule has 0 saturated carbocycles. The predicted molar refractivity (Wildman–Crippen MR) is 68.2 cm³/mol. The molecule has 15 heavy (non-hydrogen) atoms. The summed E-state index contributed by atoms with van der Waals surface area (Å²) < 4.78 is 0. The van der Waals surface area contributed by atoms with Crippen LogP contribution in [0.25, 0.3) is 0 Å². The first-order chi connectivity index (χ1) is 7.09. The van der Waals surface area contributed by atoms with Crippen molar-refractivity contribution in [3.63, 3.8) is 0 Å². The fourth-order valence-electron chi connectivity index (χ4n) is 2.37. The summed E-state index contributed by atoms with van der Waals surface area (Å²) in [6.45, 7) is 6.65. The second kappa shape index (κ2) is 4.18. The van der Waals surface area contributed by atoms with E-state index in [1.807, 2.05) is 11.8 Å². The molecule has 2 unspecified atom stereocenters. The minimum absolute atomic E-state index is 0.227. The van der Waals surface area contributed by atoms with Gasteiger partial charge in [-0.15, -0.1) is 0 Å². The maximum absolute atomic E-state index is 6.29. The van der Waals surface area contributed by atoms with Gasteiger partial charge in [0.2, 0.25) is 0 Å². The van der Waals surface area contributed by atoms with Crippen molar-refractivity contribution in [1.82, 2.24) is 0 Å². The van der Waals surface area contributed by atoms with Crippen molar-refractivity contribution in [2.75, 3.05) is 0 Å². The van der Waals surface area contributed by atoms with Crippen LogP contribution in [0.3, 0.4) is 0 Å². The Morgan fingerprint density at radius 3 is 2.67 bits per heavy atom. The van der Waals surface area contributed by atoms with E-state index in [2.05, 4.69) is 32.9 Å². The maximum Gasteiger partial charge on any atom is 0.0311 e. The Labute approximate surface area is 96.4 Å². The van der Waals surface area contributed by atoms with Crippen molar-refractivity contribution in [2.24, 2.45) is 5.73 Å². The second-order valence-corrected chi connectivity index (χ2v) is 5.98. The molecule has 2 N–H and O–H groups in total. The van der Waals surface area contributed by atoms with E-state index in [-0.39, 0.29) is 6.04 Å². The zero-order valence-corrected chi connectivity index (χ0v) is 10.5. The largest absolute Gasteiger partial charge is 0.324 e. The average molecular weight is 221 g/mol. The van der Waals surface area contributed by atoms with Gasteiger partial charge in [0.15, 0.2) is 0 Å². The summed E-state index contributed by atoms with van der Waals surface area (Å²) in [5.74, 6) is 1.12. The second-order valence-electron chi connectivity index (χ2n) is 4.56. The van der Waals surface area contributed by atoms with Gasteiger partial charge in [0.1, 0.15) is 0 Å². The highest BCUT2D eigenvalue weighted by Gasteiger charge is 2.22. The third-order valence-corrected chi connectivity index (χ3v) is 4.49. The number of thioether (sulfide) groups is 1. The molecular weight excluding hydrogens is 202 g/mol.